The minimum Gasteiger partial charge on any atom is -0.353 e. The average Bonchev–Trinajstić information content (AvgIpc) is 3.01. The van der Waals surface area contributed by atoms with Gasteiger partial charge in [0.05, 0.1) is 14.9 Å². The van der Waals surface area contributed by atoms with Gasteiger partial charge < -0.3 is 20.4 Å². The van der Waals surface area contributed by atoms with Gasteiger partial charge in [0.15, 0.2) is 0 Å². The number of nitrogens with one attached hydrogen (secondary N) is 2. The topological polar surface area (TPSA) is 102 Å². The van der Waals surface area contributed by atoms with Crippen LogP contribution in [0.15, 0.2) is 77.7 Å². The summed E-state index contributed by atoms with van der Waals surface area (Å²) in [6, 6.07) is 19.4. The molecule has 224 valence electrons. The van der Waals surface area contributed by atoms with E-state index in [-0.39, 0.29) is 29.6 Å². The molecule has 0 spiro atoms. The first-order chi connectivity index (χ1) is 20.1. The number of amides is 3. The Morgan fingerprint density at radius 3 is 2.21 bits per heavy atom. The molecule has 0 aliphatic carbocycles. The molecule has 1 saturated heterocycles. The van der Waals surface area contributed by atoms with Crippen LogP contribution in [0.4, 0.5) is 10.5 Å². The third-order valence-corrected chi connectivity index (χ3v) is 9.94. The van der Waals surface area contributed by atoms with E-state index in [2.05, 4.69) is 15.5 Å². The van der Waals surface area contributed by atoms with Crippen molar-refractivity contribution in [3.63, 3.8) is 0 Å². The van der Waals surface area contributed by atoms with Gasteiger partial charge >= 0.3 is 6.03 Å². The van der Waals surface area contributed by atoms with Crippen LogP contribution < -0.4 is 10.6 Å². The number of nitrogens with zero attached hydrogens (tertiary/aromatic N) is 3. The highest BCUT2D eigenvalue weighted by atomic mass is 35.5. The second-order valence-corrected chi connectivity index (χ2v) is 12.5. The maximum absolute atomic E-state index is 13.9. The highest BCUT2D eigenvalue weighted by molar-refractivity contribution is 7.89. The van der Waals surface area contributed by atoms with Crippen molar-refractivity contribution in [2.45, 2.75) is 24.8 Å². The highest BCUT2D eigenvalue weighted by Crippen LogP contribution is 2.27. The number of rotatable bonds is 10. The maximum atomic E-state index is 13.9. The molecule has 1 fully saturated rings. The number of anilines is 1. The predicted octanol–water partition coefficient (Wildman–Crippen LogP) is 5.03. The number of hydrogen-bond donors (Lipinski definition) is 2. The van der Waals surface area contributed by atoms with Crippen LogP contribution in [-0.2, 0) is 14.8 Å². The summed E-state index contributed by atoms with van der Waals surface area (Å²) in [5.74, 6) is -0.460. The van der Waals surface area contributed by atoms with Crippen molar-refractivity contribution in [2.24, 2.45) is 0 Å². The molecule has 0 radical (unpaired) electrons. The maximum Gasteiger partial charge on any atom is 0.321 e. The molecule has 9 nitrogen and oxygen atoms in total. The van der Waals surface area contributed by atoms with Crippen LogP contribution in [0.25, 0.3) is 11.1 Å². The summed E-state index contributed by atoms with van der Waals surface area (Å²) in [6.07, 6.45) is 0. The Balaban J connectivity index is 1.54. The number of piperazine rings is 1. The third-order valence-electron chi connectivity index (χ3n) is 7.28. The van der Waals surface area contributed by atoms with Crippen LogP contribution in [0.1, 0.15) is 13.8 Å². The van der Waals surface area contributed by atoms with Gasteiger partial charge in [0, 0.05) is 38.4 Å². The Morgan fingerprint density at radius 2 is 1.57 bits per heavy atom. The van der Waals surface area contributed by atoms with Crippen LogP contribution >= 0.6 is 23.2 Å². The Morgan fingerprint density at radius 1 is 0.905 bits per heavy atom. The van der Waals surface area contributed by atoms with Crippen molar-refractivity contribution in [3.05, 3.63) is 82.8 Å². The van der Waals surface area contributed by atoms with E-state index in [4.69, 9.17) is 23.2 Å². The molecule has 3 aromatic rings. The zero-order chi connectivity index (χ0) is 30.3. The molecule has 1 unspecified atom stereocenters. The molecular weight excluding hydrogens is 597 g/mol. The van der Waals surface area contributed by atoms with Crippen molar-refractivity contribution < 1.29 is 18.0 Å². The van der Waals surface area contributed by atoms with E-state index in [1.807, 2.05) is 44.2 Å². The summed E-state index contributed by atoms with van der Waals surface area (Å²) in [7, 11) is -4.05. The quantitative estimate of drug-likeness (QED) is 0.327. The van der Waals surface area contributed by atoms with Crippen molar-refractivity contribution >= 4 is 50.9 Å². The molecule has 42 heavy (non-hydrogen) atoms. The van der Waals surface area contributed by atoms with E-state index >= 15 is 0 Å². The normalized spacial score (nSPS) is 15.9. The smallest absolute Gasteiger partial charge is 0.321 e. The number of carbonyl (C=O) groups excluding carboxylic acids is 2. The highest BCUT2D eigenvalue weighted by Gasteiger charge is 2.41. The van der Waals surface area contributed by atoms with Crippen LogP contribution in [0.5, 0.6) is 0 Å². The molecule has 12 heteroatoms. The lowest BCUT2D eigenvalue weighted by atomic mass is 10.1. The Kier molecular flexibility index (Phi) is 10.9. The summed E-state index contributed by atoms with van der Waals surface area (Å²) in [5, 5.41) is 6.28. The molecule has 2 N–H and O–H groups in total. The molecule has 1 aliphatic heterocycles. The van der Waals surface area contributed by atoms with E-state index in [1.54, 1.807) is 36.4 Å². The number of hydrogen-bond acceptors (Lipinski definition) is 5. The van der Waals surface area contributed by atoms with E-state index in [9.17, 15) is 18.0 Å². The van der Waals surface area contributed by atoms with Gasteiger partial charge in [-0.05, 0) is 54.5 Å². The molecule has 3 aromatic carbocycles. The fraction of sp³-hybridized carbons (Fsp3) is 0.333. The Hall–Kier alpha value is -3.15. The summed E-state index contributed by atoms with van der Waals surface area (Å²) in [4.78, 5) is 30.3. The van der Waals surface area contributed by atoms with Gasteiger partial charge in [-0.2, -0.15) is 4.31 Å². The van der Waals surface area contributed by atoms with E-state index in [0.29, 0.717) is 23.8 Å². The Labute approximate surface area is 257 Å². The average molecular weight is 633 g/mol. The molecule has 0 bridgehead atoms. The minimum absolute atomic E-state index is 0.0499. The van der Waals surface area contributed by atoms with E-state index < -0.39 is 28.0 Å². The first-order valence-corrected chi connectivity index (χ1v) is 16.0. The number of urea groups is 1. The zero-order valence-electron chi connectivity index (χ0n) is 23.6. The summed E-state index contributed by atoms with van der Waals surface area (Å²) in [5.41, 5.74) is 2.28. The molecular formula is C30H35Cl2N5O4S. The van der Waals surface area contributed by atoms with Crippen molar-refractivity contribution in [1.29, 1.82) is 0 Å². The molecule has 0 aromatic heterocycles. The lowest BCUT2D eigenvalue weighted by molar-refractivity contribution is -0.126. The lowest BCUT2D eigenvalue weighted by Gasteiger charge is -2.39. The van der Waals surface area contributed by atoms with Crippen LogP contribution in [-0.4, -0.2) is 86.3 Å². The van der Waals surface area contributed by atoms with Crippen LogP contribution in [0.2, 0.25) is 10.0 Å². The summed E-state index contributed by atoms with van der Waals surface area (Å²) in [6.45, 7) is 6.64. The first kappa shape index (κ1) is 31.8. The van der Waals surface area contributed by atoms with Crippen LogP contribution in [0.3, 0.4) is 0 Å². The predicted molar refractivity (Wildman–Crippen MR) is 167 cm³/mol. The fourth-order valence-corrected chi connectivity index (χ4v) is 6.68. The lowest BCUT2D eigenvalue weighted by Crippen LogP contribution is -2.62. The van der Waals surface area contributed by atoms with Crippen molar-refractivity contribution in [1.82, 2.24) is 19.4 Å². The fourth-order valence-electron chi connectivity index (χ4n) is 4.81. The van der Waals surface area contributed by atoms with Gasteiger partial charge in [-0.3, -0.25) is 4.79 Å². The molecule has 1 heterocycles. The van der Waals surface area contributed by atoms with Gasteiger partial charge in [-0.25, -0.2) is 13.2 Å². The molecule has 1 aliphatic rings. The van der Waals surface area contributed by atoms with Crippen LogP contribution in [0, 0.1) is 0 Å². The molecule has 0 saturated carbocycles. The second kappa shape index (κ2) is 14.3. The Bertz CT molecular complexity index is 1490. The van der Waals surface area contributed by atoms with Gasteiger partial charge in [0.2, 0.25) is 15.9 Å². The second-order valence-electron chi connectivity index (χ2n) is 9.84. The minimum atomic E-state index is -4.05. The van der Waals surface area contributed by atoms with Gasteiger partial charge in [0.1, 0.15) is 6.04 Å². The number of halogens is 2. The SMILES string of the molecule is CCN(CC)CCNC(=O)C1CN(C(=O)Nc2ccc(Cl)c(Cl)c2)CCN1S(=O)(=O)c1ccc(-c2ccccc2)cc1. The monoisotopic (exact) mass is 631 g/mol. The third kappa shape index (κ3) is 7.62. The number of likely N-dealkylation sites (N-methyl/N-ethyl adjacent to an activating group) is 1. The van der Waals surface area contributed by atoms with Crippen molar-refractivity contribution in [2.75, 3.05) is 51.1 Å². The van der Waals surface area contributed by atoms with E-state index in [0.717, 1.165) is 24.2 Å². The van der Waals surface area contributed by atoms with Gasteiger partial charge in [0.25, 0.3) is 0 Å². The van der Waals surface area contributed by atoms with Gasteiger partial charge in [-0.15, -0.1) is 0 Å². The van der Waals surface area contributed by atoms with E-state index in [1.165, 1.54) is 15.3 Å². The summed E-state index contributed by atoms with van der Waals surface area (Å²) < 4.78 is 28.9. The van der Waals surface area contributed by atoms with Crippen molar-refractivity contribution in [3.8, 4) is 11.1 Å². The molecule has 3 amide bonds. The first-order valence-electron chi connectivity index (χ1n) is 13.8. The number of sulfonamides is 1. The van der Waals surface area contributed by atoms with Gasteiger partial charge in [-0.1, -0.05) is 79.5 Å². The zero-order valence-corrected chi connectivity index (χ0v) is 25.9. The molecule has 4 rings (SSSR count). The molecule has 1 atom stereocenters. The number of carbonyl (C=O) groups is 2. The standard InChI is InChI=1S/C30H35Cl2N5O4S/c1-3-35(4-2)17-16-33-29(38)28-21-36(30(39)34-24-12-15-26(31)27(32)20-24)18-19-37(28)42(40,41)25-13-10-23(11-14-25)22-8-6-5-7-9-22/h5-15,20,28H,3-4,16-19,21H2,1-2H3,(H,33,38)(H,34,39). The largest absolute Gasteiger partial charge is 0.353 e. The number of benzene rings is 3. The summed E-state index contributed by atoms with van der Waals surface area (Å²) >= 11 is 12.1.